The second-order valence-corrected chi connectivity index (χ2v) is 6.66. The molecular formula is C21H25FN4. The Morgan fingerprint density at radius 2 is 1.69 bits per heavy atom. The van der Waals surface area contributed by atoms with E-state index in [2.05, 4.69) is 45.4 Å². The van der Waals surface area contributed by atoms with Gasteiger partial charge in [0, 0.05) is 39.3 Å². The molecule has 0 unspecified atom stereocenters. The molecule has 1 aliphatic heterocycles. The van der Waals surface area contributed by atoms with E-state index in [4.69, 9.17) is 5.26 Å². The highest BCUT2D eigenvalue weighted by Crippen LogP contribution is 2.17. The second kappa shape index (κ2) is 9.33. The van der Waals surface area contributed by atoms with Crippen molar-refractivity contribution in [1.29, 1.82) is 5.26 Å². The summed E-state index contributed by atoms with van der Waals surface area (Å²) < 4.78 is 13.6. The number of nitrogens with one attached hydrogen (secondary N) is 1. The van der Waals surface area contributed by atoms with E-state index >= 15 is 0 Å². The molecule has 136 valence electrons. The van der Waals surface area contributed by atoms with Crippen LogP contribution in [0.2, 0.25) is 0 Å². The molecule has 1 aliphatic rings. The molecule has 2 aromatic carbocycles. The van der Waals surface area contributed by atoms with Crippen molar-refractivity contribution in [2.45, 2.75) is 13.0 Å². The fraction of sp³-hybridized carbons (Fsp3) is 0.381. The first-order chi connectivity index (χ1) is 12.8. The lowest BCUT2D eigenvalue weighted by molar-refractivity contribution is 0.127. The maximum absolute atomic E-state index is 13.6. The zero-order chi connectivity index (χ0) is 18.2. The van der Waals surface area contributed by atoms with Gasteiger partial charge in [0.25, 0.3) is 0 Å². The third-order valence-electron chi connectivity index (χ3n) is 4.81. The molecule has 2 aromatic rings. The lowest BCUT2D eigenvalue weighted by Crippen LogP contribution is -2.46. The molecule has 0 amide bonds. The van der Waals surface area contributed by atoms with Crippen LogP contribution in [-0.4, -0.2) is 49.1 Å². The van der Waals surface area contributed by atoms with Gasteiger partial charge >= 0.3 is 0 Å². The van der Waals surface area contributed by atoms with Crippen molar-refractivity contribution in [3.8, 4) is 6.07 Å². The number of hydrogen-bond acceptors (Lipinski definition) is 4. The van der Waals surface area contributed by atoms with Crippen molar-refractivity contribution >= 4 is 5.69 Å². The first-order valence-corrected chi connectivity index (χ1v) is 9.17. The molecule has 1 fully saturated rings. The Balaban J connectivity index is 1.36. The van der Waals surface area contributed by atoms with Crippen molar-refractivity contribution in [1.82, 2.24) is 9.80 Å². The summed E-state index contributed by atoms with van der Waals surface area (Å²) in [4.78, 5) is 4.97. The minimum absolute atomic E-state index is 0.0991. The molecule has 0 bridgehead atoms. The standard InChI is InChI=1S/C21H25FN4/c22-20-8-4-9-21(19(20)16-23)24-10-5-11-25-12-14-26(15-13-25)17-18-6-2-1-3-7-18/h1-4,6-9,24H,5,10-15,17H2. The van der Waals surface area contributed by atoms with Gasteiger partial charge in [-0.1, -0.05) is 36.4 Å². The topological polar surface area (TPSA) is 42.3 Å². The van der Waals surface area contributed by atoms with Gasteiger partial charge < -0.3 is 10.2 Å². The van der Waals surface area contributed by atoms with Crippen LogP contribution < -0.4 is 5.32 Å². The van der Waals surface area contributed by atoms with Crippen LogP contribution in [0, 0.1) is 17.1 Å². The van der Waals surface area contributed by atoms with Crippen LogP contribution in [0.4, 0.5) is 10.1 Å². The number of rotatable bonds is 7. The van der Waals surface area contributed by atoms with Gasteiger partial charge in [-0.15, -0.1) is 0 Å². The lowest BCUT2D eigenvalue weighted by atomic mass is 10.2. The van der Waals surface area contributed by atoms with Crippen LogP contribution >= 0.6 is 0 Å². The van der Waals surface area contributed by atoms with E-state index in [1.54, 1.807) is 12.1 Å². The maximum atomic E-state index is 13.6. The average molecular weight is 352 g/mol. The van der Waals surface area contributed by atoms with Gasteiger partial charge in [0.1, 0.15) is 17.4 Å². The molecule has 26 heavy (non-hydrogen) atoms. The minimum atomic E-state index is -0.466. The van der Waals surface area contributed by atoms with Crippen LogP contribution in [0.1, 0.15) is 17.5 Å². The Kier molecular flexibility index (Phi) is 6.59. The fourth-order valence-electron chi connectivity index (χ4n) is 3.32. The minimum Gasteiger partial charge on any atom is -0.384 e. The van der Waals surface area contributed by atoms with Gasteiger partial charge in [0.15, 0.2) is 0 Å². The Morgan fingerprint density at radius 3 is 2.42 bits per heavy atom. The molecule has 0 spiro atoms. The number of hydrogen-bond donors (Lipinski definition) is 1. The molecule has 1 saturated heterocycles. The fourth-order valence-corrected chi connectivity index (χ4v) is 3.32. The third kappa shape index (κ3) is 5.04. The van der Waals surface area contributed by atoms with E-state index in [0.717, 1.165) is 52.2 Å². The molecule has 1 heterocycles. The largest absolute Gasteiger partial charge is 0.384 e. The zero-order valence-electron chi connectivity index (χ0n) is 15.0. The maximum Gasteiger partial charge on any atom is 0.143 e. The number of nitriles is 1. The quantitative estimate of drug-likeness (QED) is 0.777. The van der Waals surface area contributed by atoms with Crippen LogP contribution in [-0.2, 0) is 6.54 Å². The Hall–Kier alpha value is -2.42. The monoisotopic (exact) mass is 352 g/mol. The average Bonchev–Trinajstić information content (AvgIpc) is 2.67. The highest BCUT2D eigenvalue weighted by molar-refractivity contribution is 5.57. The highest BCUT2D eigenvalue weighted by Gasteiger charge is 2.16. The lowest BCUT2D eigenvalue weighted by Gasteiger charge is -2.34. The van der Waals surface area contributed by atoms with Gasteiger partial charge in [-0.05, 0) is 30.7 Å². The SMILES string of the molecule is N#Cc1c(F)cccc1NCCCN1CCN(Cc2ccccc2)CC1. The summed E-state index contributed by atoms with van der Waals surface area (Å²) >= 11 is 0. The van der Waals surface area contributed by atoms with Crippen molar-refractivity contribution in [2.75, 3.05) is 44.6 Å². The second-order valence-electron chi connectivity index (χ2n) is 6.66. The number of benzene rings is 2. The highest BCUT2D eigenvalue weighted by atomic mass is 19.1. The molecule has 0 atom stereocenters. The van der Waals surface area contributed by atoms with Crippen LogP contribution in [0.15, 0.2) is 48.5 Å². The molecule has 0 aliphatic carbocycles. The van der Waals surface area contributed by atoms with E-state index in [1.165, 1.54) is 11.6 Å². The van der Waals surface area contributed by atoms with Crippen LogP contribution in [0.5, 0.6) is 0 Å². The Bertz CT molecular complexity index is 733. The number of halogens is 1. The smallest absolute Gasteiger partial charge is 0.143 e. The Labute approximate surface area is 154 Å². The summed E-state index contributed by atoms with van der Waals surface area (Å²) in [6.45, 7) is 7.11. The molecule has 0 radical (unpaired) electrons. The van der Waals surface area contributed by atoms with E-state index < -0.39 is 5.82 Å². The number of nitrogens with zero attached hydrogens (tertiary/aromatic N) is 3. The van der Waals surface area contributed by atoms with Gasteiger partial charge in [0.2, 0.25) is 0 Å². The molecule has 3 rings (SSSR count). The molecule has 0 saturated carbocycles. The van der Waals surface area contributed by atoms with E-state index in [1.807, 2.05) is 6.07 Å². The predicted molar refractivity (Wildman–Crippen MR) is 102 cm³/mol. The van der Waals surface area contributed by atoms with Crippen LogP contribution in [0.3, 0.4) is 0 Å². The predicted octanol–water partition coefficient (Wildman–Crippen LogP) is 3.32. The molecule has 1 N–H and O–H groups in total. The Morgan fingerprint density at radius 1 is 0.962 bits per heavy atom. The molecule has 0 aromatic heterocycles. The van der Waals surface area contributed by atoms with Crippen molar-refractivity contribution in [2.24, 2.45) is 0 Å². The van der Waals surface area contributed by atoms with Crippen molar-refractivity contribution < 1.29 is 4.39 Å². The number of anilines is 1. The molecule has 4 nitrogen and oxygen atoms in total. The van der Waals surface area contributed by atoms with Gasteiger partial charge in [-0.25, -0.2) is 4.39 Å². The van der Waals surface area contributed by atoms with E-state index in [9.17, 15) is 4.39 Å². The van der Waals surface area contributed by atoms with Crippen LogP contribution in [0.25, 0.3) is 0 Å². The van der Waals surface area contributed by atoms with Crippen molar-refractivity contribution in [3.63, 3.8) is 0 Å². The summed E-state index contributed by atoms with van der Waals surface area (Å²) in [5.41, 5.74) is 2.05. The molecular weight excluding hydrogens is 327 g/mol. The summed E-state index contributed by atoms with van der Waals surface area (Å²) in [5.74, 6) is -0.466. The normalized spacial score (nSPS) is 15.5. The number of piperazine rings is 1. The van der Waals surface area contributed by atoms with E-state index in [-0.39, 0.29) is 5.56 Å². The first kappa shape index (κ1) is 18.4. The van der Waals surface area contributed by atoms with Crippen molar-refractivity contribution in [3.05, 3.63) is 65.5 Å². The summed E-state index contributed by atoms with van der Waals surface area (Å²) in [6.07, 6.45) is 0.972. The molecule has 5 heteroatoms. The first-order valence-electron chi connectivity index (χ1n) is 9.17. The summed E-state index contributed by atoms with van der Waals surface area (Å²) in [5, 5.41) is 12.2. The van der Waals surface area contributed by atoms with Gasteiger partial charge in [0.05, 0.1) is 5.69 Å². The zero-order valence-corrected chi connectivity index (χ0v) is 15.0. The van der Waals surface area contributed by atoms with Gasteiger partial charge in [-0.2, -0.15) is 5.26 Å². The van der Waals surface area contributed by atoms with Gasteiger partial charge in [-0.3, -0.25) is 4.90 Å². The third-order valence-corrected chi connectivity index (χ3v) is 4.81. The summed E-state index contributed by atoms with van der Waals surface area (Å²) in [6, 6.07) is 17.2. The van der Waals surface area contributed by atoms with E-state index in [0.29, 0.717) is 5.69 Å². The summed E-state index contributed by atoms with van der Waals surface area (Å²) in [7, 11) is 0.